The fourth-order valence-corrected chi connectivity index (χ4v) is 3.52. The molecule has 1 N–H and O–H groups in total. The maximum absolute atomic E-state index is 12.5. The summed E-state index contributed by atoms with van der Waals surface area (Å²) in [5, 5.41) is 0. The Bertz CT molecular complexity index is 984. The van der Waals surface area contributed by atoms with Crippen LogP contribution in [0.15, 0.2) is 48.5 Å². The van der Waals surface area contributed by atoms with Crippen LogP contribution in [0.4, 0.5) is 5.69 Å². The number of esters is 1. The first-order chi connectivity index (χ1) is 13.2. The Morgan fingerprint density at radius 3 is 2.50 bits per heavy atom. The summed E-state index contributed by atoms with van der Waals surface area (Å²) in [4.78, 5) is 24.9. The van der Waals surface area contributed by atoms with Gasteiger partial charge in [-0.25, -0.2) is 8.42 Å². The number of Topliss-reactive ketones (excluding diaryl/α,β-unsaturated/α-hetero) is 1. The highest BCUT2D eigenvalue weighted by atomic mass is 32.2. The molecule has 0 saturated heterocycles. The average Bonchev–Trinajstić information content (AvgIpc) is 2.66. The number of carbonyl (C=O) groups is 2. The van der Waals surface area contributed by atoms with Crippen LogP contribution in [0.1, 0.15) is 22.8 Å². The molecule has 0 aliphatic carbocycles. The molecule has 0 fully saturated rings. The molecule has 0 bridgehead atoms. The van der Waals surface area contributed by atoms with Crippen molar-refractivity contribution in [2.75, 3.05) is 17.6 Å². The lowest BCUT2D eigenvalue weighted by Gasteiger charge is -2.25. The van der Waals surface area contributed by atoms with Crippen molar-refractivity contribution >= 4 is 27.5 Å². The van der Waals surface area contributed by atoms with Gasteiger partial charge in [-0.3, -0.25) is 14.3 Å². The van der Waals surface area contributed by atoms with Gasteiger partial charge >= 0.3 is 5.97 Å². The molecule has 148 valence electrons. The highest BCUT2D eigenvalue weighted by Gasteiger charge is 2.30. The standard InChI is InChI=1S/C20H21NO6S/c1-13(19(22)14-7-9-17(10-8-14)21-28(2,24)25)27-20(23)16-11-15-5-3-4-6-18(15)26-12-16/h3-10,13,16,21H,11-12H2,1-2H3/t13-,16-/m0/s1. The van der Waals surface area contributed by atoms with Gasteiger partial charge < -0.3 is 9.47 Å². The Kier molecular flexibility index (Phi) is 5.69. The predicted octanol–water partition coefficient (Wildman–Crippen LogP) is 2.42. The molecule has 3 rings (SSSR count). The van der Waals surface area contributed by atoms with Crippen LogP contribution in [0.2, 0.25) is 0 Å². The maximum Gasteiger partial charge on any atom is 0.313 e. The second-order valence-corrected chi connectivity index (χ2v) is 8.46. The SMILES string of the molecule is C[C@H](OC(=O)[C@@H]1COc2ccccc2C1)C(=O)c1ccc(NS(C)(=O)=O)cc1. The predicted molar refractivity (Wildman–Crippen MR) is 104 cm³/mol. The quantitative estimate of drug-likeness (QED) is 0.588. The van der Waals surface area contributed by atoms with Gasteiger partial charge in [0.1, 0.15) is 12.4 Å². The fraction of sp³-hybridized carbons (Fsp3) is 0.300. The minimum atomic E-state index is -3.39. The van der Waals surface area contributed by atoms with Gasteiger partial charge in [0, 0.05) is 11.3 Å². The Morgan fingerprint density at radius 2 is 1.82 bits per heavy atom. The number of ketones is 1. The van der Waals surface area contributed by atoms with E-state index in [9.17, 15) is 18.0 Å². The zero-order valence-electron chi connectivity index (χ0n) is 15.5. The average molecular weight is 403 g/mol. The number of carbonyl (C=O) groups excluding carboxylic acids is 2. The van der Waals surface area contributed by atoms with Gasteiger partial charge in [0.05, 0.1) is 12.2 Å². The third kappa shape index (κ3) is 4.89. The molecule has 1 heterocycles. The van der Waals surface area contributed by atoms with Gasteiger partial charge in [0.15, 0.2) is 6.10 Å². The normalized spacial score (nSPS) is 17.0. The number of hydrogen-bond acceptors (Lipinski definition) is 6. The first-order valence-corrected chi connectivity index (χ1v) is 10.7. The van der Waals surface area contributed by atoms with Gasteiger partial charge in [0.25, 0.3) is 0 Å². The van der Waals surface area contributed by atoms with Crippen molar-refractivity contribution in [1.82, 2.24) is 0 Å². The molecule has 0 spiro atoms. The van der Waals surface area contributed by atoms with Gasteiger partial charge in [-0.1, -0.05) is 18.2 Å². The van der Waals surface area contributed by atoms with Crippen LogP contribution in [0.3, 0.4) is 0 Å². The number of ether oxygens (including phenoxy) is 2. The van der Waals surface area contributed by atoms with Crippen LogP contribution < -0.4 is 9.46 Å². The molecule has 2 aromatic rings. The number of para-hydroxylation sites is 1. The lowest BCUT2D eigenvalue weighted by molar-refractivity contribution is -0.152. The van der Waals surface area contributed by atoms with E-state index in [-0.39, 0.29) is 12.4 Å². The van der Waals surface area contributed by atoms with Crippen LogP contribution in [0.25, 0.3) is 0 Å². The number of nitrogens with one attached hydrogen (secondary N) is 1. The van der Waals surface area contributed by atoms with Gasteiger partial charge in [-0.05, 0) is 49.2 Å². The Labute approximate surface area is 163 Å². The third-order valence-corrected chi connectivity index (χ3v) is 4.95. The second kappa shape index (κ2) is 8.02. The Balaban J connectivity index is 1.60. The van der Waals surface area contributed by atoms with Crippen molar-refractivity contribution in [2.24, 2.45) is 5.92 Å². The van der Waals surface area contributed by atoms with E-state index in [2.05, 4.69) is 4.72 Å². The molecule has 0 unspecified atom stereocenters. The lowest BCUT2D eigenvalue weighted by atomic mass is 9.97. The smallest absolute Gasteiger partial charge is 0.313 e. The van der Waals surface area contributed by atoms with Crippen LogP contribution in [-0.2, 0) is 26.0 Å². The summed E-state index contributed by atoms with van der Waals surface area (Å²) >= 11 is 0. The summed E-state index contributed by atoms with van der Waals surface area (Å²) in [5.74, 6) is -0.549. The fourth-order valence-electron chi connectivity index (χ4n) is 2.95. The monoisotopic (exact) mass is 403 g/mol. The third-order valence-electron chi connectivity index (χ3n) is 4.35. The number of fused-ring (bicyclic) bond motifs is 1. The zero-order valence-corrected chi connectivity index (χ0v) is 16.4. The molecule has 0 amide bonds. The molecule has 2 aromatic carbocycles. The van der Waals surface area contributed by atoms with E-state index in [1.807, 2.05) is 24.3 Å². The van der Waals surface area contributed by atoms with Gasteiger partial charge in [-0.2, -0.15) is 0 Å². The number of benzene rings is 2. The van der Waals surface area contributed by atoms with Crippen molar-refractivity contribution in [1.29, 1.82) is 0 Å². The second-order valence-electron chi connectivity index (χ2n) is 6.71. The van der Waals surface area contributed by atoms with Crippen LogP contribution in [0, 0.1) is 5.92 Å². The van der Waals surface area contributed by atoms with Crippen molar-refractivity contribution in [3.63, 3.8) is 0 Å². The molecular formula is C20H21NO6S. The van der Waals surface area contributed by atoms with Crippen molar-refractivity contribution in [3.05, 3.63) is 59.7 Å². The molecule has 8 heteroatoms. The number of sulfonamides is 1. The first-order valence-electron chi connectivity index (χ1n) is 8.76. The summed E-state index contributed by atoms with van der Waals surface area (Å²) in [6.07, 6.45) is 0.585. The van der Waals surface area contributed by atoms with E-state index >= 15 is 0 Å². The molecule has 2 atom stereocenters. The van der Waals surface area contributed by atoms with Gasteiger partial charge in [0.2, 0.25) is 15.8 Å². The van der Waals surface area contributed by atoms with Crippen LogP contribution >= 0.6 is 0 Å². The summed E-state index contributed by atoms with van der Waals surface area (Å²) in [6.45, 7) is 1.73. The Hall–Kier alpha value is -2.87. The van der Waals surface area contributed by atoms with Crippen molar-refractivity contribution < 1.29 is 27.5 Å². The lowest BCUT2D eigenvalue weighted by Crippen LogP contribution is -2.34. The van der Waals surface area contributed by atoms with Crippen LogP contribution in [-0.4, -0.2) is 39.1 Å². The highest BCUT2D eigenvalue weighted by Crippen LogP contribution is 2.27. The van der Waals surface area contributed by atoms with Gasteiger partial charge in [-0.15, -0.1) is 0 Å². The summed E-state index contributed by atoms with van der Waals surface area (Å²) < 4.78 is 35.7. The summed E-state index contributed by atoms with van der Waals surface area (Å²) in [6, 6.07) is 13.4. The van der Waals surface area contributed by atoms with Crippen molar-refractivity contribution in [2.45, 2.75) is 19.4 Å². The molecule has 1 aliphatic rings. The molecule has 1 aliphatic heterocycles. The minimum Gasteiger partial charge on any atom is -0.492 e. The molecule has 0 saturated carbocycles. The minimum absolute atomic E-state index is 0.211. The number of anilines is 1. The Morgan fingerprint density at radius 1 is 1.14 bits per heavy atom. The van der Waals surface area contributed by atoms with E-state index in [4.69, 9.17) is 9.47 Å². The molecule has 0 aromatic heterocycles. The number of hydrogen-bond donors (Lipinski definition) is 1. The van der Waals surface area contributed by atoms with Crippen molar-refractivity contribution in [3.8, 4) is 5.75 Å². The maximum atomic E-state index is 12.5. The summed E-state index contributed by atoms with van der Waals surface area (Å²) in [7, 11) is -3.39. The number of rotatable bonds is 6. The first kappa shape index (κ1) is 19.9. The summed E-state index contributed by atoms with van der Waals surface area (Å²) in [5.41, 5.74) is 1.61. The van der Waals surface area contributed by atoms with Crippen LogP contribution in [0.5, 0.6) is 5.75 Å². The molecular weight excluding hydrogens is 382 g/mol. The van der Waals surface area contributed by atoms with E-state index in [0.29, 0.717) is 17.7 Å². The van der Waals surface area contributed by atoms with E-state index < -0.39 is 28.0 Å². The van der Waals surface area contributed by atoms with E-state index in [0.717, 1.165) is 17.6 Å². The largest absolute Gasteiger partial charge is 0.492 e. The molecule has 28 heavy (non-hydrogen) atoms. The van der Waals surface area contributed by atoms with E-state index in [1.165, 1.54) is 31.2 Å². The highest BCUT2D eigenvalue weighted by molar-refractivity contribution is 7.92. The zero-order chi connectivity index (χ0) is 20.3. The van der Waals surface area contributed by atoms with E-state index in [1.54, 1.807) is 0 Å². The molecule has 0 radical (unpaired) electrons. The topological polar surface area (TPSA) is 98.8 Å². The molecule has 7 nitrogen and oxygen atoms in total.